The average Bonchev–Trinajstić information content (AvgIpc) is 3.54. The molecule has 1 aliphatic rings. The zero-order valence-corrected chi connectivity index (χ0v) is 19.2. The summed E-state index contributed by atoms with van der Waals surface area (Å²) in [5, 5.41) is 11.9. The van der Waals surface area contributed by atoms with Crippen LogP contribution in [0, 0.1) is 23.4 Å². The Kier molecular flexibility index (Phi) is 5.98. The molecule has 2 heterocycles. The van der Waals surface area contributed by atoms with Crippen molar-refractivity contribution >= 4 is 28.4 Å². The number of aromatic nitrogens is 2. The Morgan fingerprint density at radius 3 is 2.74 bits per heavy atom. The van der Waals surface area contributed by atoms with Crippen LogP contribution in [0.5, 0.6) is 17.2 Å². The number of nitrogens with zero attached hydrogens (tertiary/aromatic N) is 2. The summed E-state index contributed by atoms with van der Waals surface area (Å²) in [7, 11) is 1.01. The van der Waals surface area contributed by atoms with E-state index >= 15 is 0 Å². The molecule has 2 aromatic carbocycles. The monoisotopic (exact) mass is 500 g/mol. The van der Waals surface area contributed by atoms with E-state index in [0.717, 1.165) is 20.0 Å². The number of benzene rings is 2. The maximum atomic E-state index is 15.0. The van der Waals surface area contributed by atoms with Gasteiger partial charge in [0.1, 0.15) is 0 Å². The smallest absolute Gasteiger partial charge is 0.267 e. The zero-order chi connectivity index (χ0) is 24.7. The highest BCUT2D eigenvalue weighted by Gasteiger charge is 2.25. The van der Waals surface area contributed by atoms with E-state index in [1.165, 1.54) is 34.1 Å². The Balaban J connectivity index is 1.66. The highest BCUT2D eigenvalue weighted by Crippen LogP contribution is 2.36. The number of thiazole rings is 1. The summed E-state index contributed by atoms with van der Waals surface area (Å²) in [6, 6.07) is 5.52. The van der Waals surface area contributed by atoms with Gasteiger partial charge in [-0.3, -0.25) is 9.20 Å². The van der Waals surface area contributed by atoms with Gasteiger partial charge in [0.25, 0.3) is 5.56 Å². The highest BCUT2D eigenvalue weighted by molar-refractivity contribution is 7.15. The molecule has 0 saturated heterocycles. The third-order valence-electron chi connectivity index (χ3n) is 5.69. The van der Waals surface area contributed by atoms with Crippen molar-refractivity contribution in [2.24, 2.45) is 5.92 Å². The molecule has 1 N–H and O–H groups in total. The number of ether oxygens (including phenoxy) is 2. The maximum absolute atomic E-state index is 15.0. The minimum Gasteiger partial charge on any atom is -0.504 e. The third kappa shape index (κ3) is 4.25. The number of phenols is 1. The van der Waals surface area contributed by atoms with E-state index in [1.54, 1.807) is 23.6 Å². The molecule has 35 heavy (non-hydrogen) atoms. The number of phenolic OH excluding ortho intramolecular Hbond substituents is 1. The van der Waals surface area contributed by atoms with Crippen LogP contribution in [0.2, 0.25) is 0 Å². The molecule has 0 radical (unpaired) electrons. The zero-order valence-electron chi connectivity index (χ0n) is 18.4. The number of rotatable bonds is 7. The molecule has 5 rings (SSSR count). The Bertz CT molecular complexity index is 1530. The minimum absolute atomic E-state index is 0.00296. The van der Waals surface area contributed by atoms with Gasteiger partial charge in [-0.2, -0.15) is 4.39 Å². The number of fused-ring (bicyclic) bond motifs is 1. The van der Waals surface area contributed by atoms with Crippen molar-refractivity contribution in [2.75, 3.05) is 13.7 Å². The van der Waals surface area contributed by atoms with Crippen molar-refractivity contribution in [3.63, 3.8) is 0 Å². The summed E-state index contributed by atoms with van der Waals surface area (Å²) in [6.07, 6.45) is 6.55. The van der Waals surface area contributed by atoms with E-state index in [9.17, 15) is 23.1 Å². The predicted molar refractivity (Wildman–Crippen MR) is 126 cm³/mol. The second-order valence-corrected chi connectivity index (χ2v) is 8.96. The quantitative estimate of drug-likeness (QED) is 0.339. The topological polar surface area (TPSA) is 73.1 Å². The van der Waals surface area contributed by atoms with Crippen LogP contribution < -0.4 is 15.0 Å². The first-order valence-corrected chi connectivity index (χ1v) is 11.6. The Labute approximate surface area is 201 Å². The fraction of sp³-hybridized carbons (Fsp3) is 0.200. The molecule has 0 atom stereocenters. The minimum atomic E-state index is -1.55. The van der Waals surface area contributed by atoms with Gasteiger partial charge >= 0.3 is 0 Å². The summed E-state index contributed by atoms with van der Waals surface area (Å²) in [5.41, 5.74) is -1.11. The number of halogens is 3. The fourth-order valence-electron chi connectivity index (χ4n) is 3.70. The molecule has 0 bridgehead atoms. The molecule has 1 aliphatic carbocycles. The molecule has 6 nitrogen and oxygen atoms in total. The van der Waals surface area contributed by atoms with Crippen LogP contribution in [0.25, 0.3) is 28.2 Å². The largest absolute Gasteiger partial charge is 0.504 e. The molecule has 0 unspecified atom stereocenters. The molecule has 0 spiro atoms. The van der Waals surface area contributed by atoms with E-state index < -0.39 is 34.3 Å². The van der Waals surface area contributed by atoms with Gasteiger partial charge in [0.2, 0.25) is 5.82 Å². The lowest BCUT2D eigenvalue weighted by molar-refractivity contribution is 0.284. The molecule has 10 heteroatoms. The van der Waals surface area contributed by atoms with Gasteiger partial charge in [0, 0.05) is 22.7 Å². The SMILES string of the molecule is COc1c(F)cc(-c2c(C=Cc3cccc(O)c3OCC3CC3)nc3sccn3c2=O)c(F)c1F. The number of para-hydroxylation sites is 1. The summed E-state index contributed by atoms with van der Waals surface area (Å²) < 4.78 is 55.5. The van der Waals surface area contributed by atoms with Gasteiger partial charge in [-0.05, 0) is 43.0 Å². The van der Waals surface area contributed by atoms with E-state index in [-0.39, 0.29) is 22.8 Å². The first kappa shape index (κ1) is 23.0. The van der Waals surface area contributed by atoms with Crippen LogP contribution >= 0.6 is 11.3 Å². The highest BCUT2D eigenvalue weighted by atomic mass is 32.1. The fourth-order valence-corrected chi connectivity index (χ4v) is 4.42. The van der Waals surface area contributed by atoms with Crippen molar-refractivity contribution in [3.8, 4) is 28.4 Å². The summed E-state index contributed by atoms with van der Waals surface area (Å²) in [4.78, 5) is 18.0. The first-order valence-electron chi connectivity index (χ1n) is 10.7. The summed E-state index contributed by atoms with van der Waals surface area (Å²) in [5.74, 6) is -4.36. The van der Waals surface area contributed by atoms with E-state index in [4.69, 9.17) is 4.74 Å². The van der Waals surface area contributed by atoms with E-state index in [1.807, 2.05) is 0 Å². The van der Waals surface area contributed by atoms with Crippen molar-refractivity contribution in [1.29, 1.82) is 0 Å². The average molecular weight is 500 g/mol. The Hall–Kier alpha value is -3.79. The van der Waals surface area contributed by atoms with Gasteiger partial charge in [0.15, 0.2) is 33.8 Å². The summed E-state index contributed by atoms with van der Waals surface area (Å²) in [6.45, 7) is 0.458. The van der Waals surface area contributed by atoms with Gasteiger partial charge in [-0.25, -0.2) is 13.8 Å². The van der Waals surface area contributed by atoms with Crippen molar-refractivity contribution in [1.82, 2.24) is 9.38 Å². The van der Waals surface area contributed by atoms with E-state index in [2.05, 4.69) is 9.72 Å². The lowest BCUT2D eigenvalue weighted by atomic mass is 10.0. The van der Waals surface area contributed by atoms with Crippen LogP contribution in [0.3, 0.4) is 0 Å². The molecule has 0 amide bonds. The Morgan fingerprint density at radius 1 is 1.20 bits per heavy atom. The third-order valence-corrected chi connectivity index (χ3v) is 6.45. The van der Waals surface area contributed by atoms with Gasteiger partial charge in [0.05, 0.1) is 25.0 Å². The number of methoxy groups -OCH3 is 1. The molecule has 0 aliphatic heterocycles. The van der Waals surface area contributed by atoms with Crippen LogP contribution in [-0.4, -0.2) is 28.2 Å². The molecular weight excluding hydrogens is 481 g/mol. The van der Waals surface area contributed by atoms with Crippen LogP contribution in [0.1, 0.15) is 24.1 Å². The van der Waals surface area contributed by atoms with Crippen molar-refractivity contribution < 1.29 is 27.8 Å². The summed E-state index contributed by atoms with van der Waals surface area (Å²) >= 11 is 1.17. The van der Waals surface area contributed by atoms with Crippen LogP contribution in [0.15, 0.2) is 40.6 Å². The second kappa shape index (κ2) is 9.10. The van der Waals surface area contributed by atoms with Gasteiger partial charge in [-0.1, -0.05) is 12.1 Å². The number of hydrogen-bond donors (Lipinski definition) is 1. The van der Waals surface area contributed by atoms with Gasteiger partial charge in [-0.15, -0.1) is 11.3 Å². The normalized spacial score (nSPS) is 13.6. The van der Waals surface area contributed by atoms with Crippen molar-refractivity contribution in [2.45, 2.75) is 12.8 Å². The molecule has 2 aromatic heterocycles. The maximum Gasteiger partial charge on any atom is 0.267 e. The van der Waals surface area contributed by atoms with E-state index in [0.29, 0.717) is 29.1 Å². The standard InChI is InChI=1S/C25H19F3N2O4S/c1-33-23-16(26)11-15(20(27)21(23)28)19-17(29-25-30(24(19)32)9-10-35-25)8-7-14-3-2-4-18(31)22(14)34-12-13-5-6-13/h2-4,7-11,13,31H,5-6,12H2,1H3. The number of aromatic hydroxyl groups is 1. The first-order chi connectivity index (χ1) is 16.9. The van der Waals surface area contributed by atoms with Crippen LogP contribution in [-0.2, 0) is 0 Å². The molecule has 1 saturated carbocycles. The second-order valence-electron chi connectivity index (χ2n) is 8.08. The number of hydrogen-bond acceptors (Lipinski definition) is 6. The van der Waals surface area contributed by atoms with Crippen molar-refractivity contribution in [3.05, 3.63) is 74.9 Å². The molecular formula is C25H19F3N2O4S. The molecule has 4 aromatic rings. The molecule has 1 fully saturated rings. The van der Waals surface area contributed by atoms with Gasteiger partial charge < -0.3 is 14.6 Å². The Morgan fingerprint density at radius 2 is 2.00 bits per heavy atom. The molecule has 180 valence electrons. The lowest BCUT2D eigenvalue weighted by Gasteiger charge is -2.12. The lowest BCUT2D eigenvalue weighted by Crippen LogP contribution is -2.18. The van der Waals surface area contributed by atoms with Crippen LogP contribution in [0.4, 0.5) is 13.2 Å². The predicted octanol–water partition coefficient (Wildman–Crippen LogP) is 5.51.